The molecule has 1 saturated heterocycles. The molecule has 2 aromatic heterocycles. The molecule has 208 valence electrons. The Morgan fingerprint density at radius 1 is 1.05 bits per heavy atom. The van der Waals surface area contributed by atoms with Crippen molar-refractivity contribution >= 4 is 45.1 Å². The highest BCUT2D eigenvalue weighted by molar-refractivity contribution is 7.90. The lowest BCUT2D eigenvalue weighted by Crippen LogP contribution is -2.37. The fourth-order valence-electron chi connectivity index (χ4n) is 4.03. The smallest absolute Gasteiger partial charge is 0.341 e. The molecular formula is C26H22ClF3N6O2S2. The van der Waals surface area contributed by atoms with Crippen LogP contribution in [0.15, 0.2) is 86.5 Å². The zero-order valence-corrected chi connectivity index (χ0v) is 23.1. The van der Waals surface area contributed by atoms with Gasteiger partial charge in [0.1, 0.15) is 0 Å². The highest BCUT2D eigenvalue weighted by Gasteiger charge is 2.35. The van der Waals surface area contributed by atoms with Gasteiger partial charge >= 0.3 is 6.18 Å². The number of nitrogens with zero attached hydrogens (tertiary/aromatic N) is 5. The summed E-state index contributed by atoms with van der Waals surface area (Å²) in [6, 6.07) is 16.7. The Kier molecular flexibility index (Phi) is 7.97. The summed E-state index contributed by atoms with van der Waals surface area (Å²) in [6.45, 7) is 1.23. The normalized spacial score (nSPS) is 14.8. The first-order valence-corrected chi connectivity index (χ1v) is 14.8. The Bertz CT molecular complexity index is 1630. The van der Waals surface area contributed by atoms with Gasteiger partial charge in [0.05, 0.1) is 27.4 Å². The first-order chi connectivity index (χ1) is 19.1. The van der Waals surface area contributed by atoms with E-state index in [4.69, 9.17) is 11.6 Å². The second-order valence-corrected chi connectivity index (χ2v) is 11.8. The van der Waals surface area contributed by atoms with Crippen LogP contribution in [0.1, 0.15) is 24.1 Å². The van der Waals surface area contributed by atoms with Crippen molar-refractivity contribution < 1.29 is 21.6 Å². The van der Waals surface area contributed by atoms with Crippen LogP contribution in [0.5, 0.6) is 0 Å². The summed E-state index contributed by atoms with van der Waals surface area (Å²) in [5.74, 6) is 0.0775. The first kappa shape index (κ1) is 27.9. The molecule has 8 nitrogen and oxygen atoms in total. The highest BCUT2D eigenvalue weighted by Crippen LogP contribution is 2.35. The minimum atomic E-state index is -4.63. The van der Waals surface area contributed by atoms with Crippen LogP contribution in [-0.4, -0.2) is 48.4 Å². The van der Waals surface area contributed by atoms with E-state index in [9.17, 15) is 21.6 Å². The average Bonchev–Trinajstić information content (AvgIpc) is 3.71. The van der Waals surface area contributed by atoms with E-state index >= 15 is 0 Å². The third-order valence-corrected chi connectivity index (χ3v) is 8.44. The maximum atomic E-state index is 13.4. The molecule has 14 heteroatoms. The molecular weight excluding hydrogens is 585 g/mol. The minimum absolute atomic E-state index is 0.0775. The van der Waals surface area contributed by atoms with Crippen molar-refractivity contribution in [3.05, 3.63) is 88.4 Å². The molecule has 0 atom stereocenters. The number of rotatable bonds is 6. The van der Waals surface area contributed by atoms with Crippen LogP contribution in [0, 0.1) is 0 Å². The van der Waals surface area contributed by atoms with E-state index in [0.717, 1.165) is 29.2 Å². The molecule has 1 aliphatic rings. The van der Waals surface area contributed by atoms with Gasteiger partial charge in [-0.3, -0.25) is 0 Å². The van der Waals surface area contributed by atoms with E-state index in [1.165, 1.54) is 41.8 Å². The Morgan fingerprint density at radius 3 is 2.38 bits per heavy atom. The number of sulfonamides is 1. The van der Waals surface area contributed by atoms with Gasteiger partial charge < -0.3 is 4.90 Å². The van der Waals surface area contributed by atoms with Crippen LogP contribution in [0.25, 0.3) is 16.3 Å². The summed E-state index contributed by atoms with van der Waals surface area (Å²) >= 11 is 7.18. The Hall–Kier alpha value is -3.68. The third kappa shape index (κ3) is 6.37. The maximum Gasteiger partial charge on any atom is 0.435 e. The second-order valence-electron chi connectivity index (χ2n) is 8.80. The summed E-state index contributed by atoms with van der Waals surface area (Å²) in [6.07, 6.45) is -1.35. The number of alkyl halides is 3. The van der Waals surface area contributed by atoms with Crippen molar-refractivity contribution in [2.45, 2.75) is 23.9 Å². The Morgan fingerprint density at radius 2 is 1.75 bits per heavy atom. The van der Waals surface area contributed by atoms with E-state index < -0.39 is 21.9 Å². The number of thiophene rings is 1. The topological polar surface area (TPSA) is 92.0 Å². The van der Waals surface area contributed by atoms with Gasteiger partial charge in [0.2, 0.25) is 5.96 Å². The largest absolute Gasteiger partial charge is 0.435 e. The number of aromatic nitrogens is 2. The van der Waals surface area contributed by atoms with Crippen molar-refractivity contribution in [2.24, 2.45) is 9.50 Å². The molecule has 5 rings (SSSR count). The van der Waals surface area contributed by atoms with Crippen molar-refractivity contribution in [1.82, 2.24) is 20.1 Å². The summed E-state index contributed by atoms with van der Waals surface area (Å²) in [5.41, 5.74) is 2.97. The van der Waals surface area contributed by atoms with Crippen molar-refractivity contribution in [1.29, 1.82) is 0 Å². The molecule has 3 heterocycles. The average molecular weight is 607 g/mol. The zero-order valence-electron chi connectivity index (χ0n) is 20.7. The van der Waals surface area contributed by atoms with Crippen molar-refractivity contribution in [2.75, 3.05) is 13.1 Å². The fourth-order valence-corrected chi connectivity index (χ4v) is 5.86. The summed E-state index contributed by atoms with van der Waals surface area (Å²) in [7, 11) is -4.18. The molecule has 0 saturated carbocycles. The number of guanidine groups is 1. The summed E-state index contributed by atoms with van der Waals surface area (Å²) in [4.78, 5) is 2.25. The van der Waals surface area contributed by atoms with E-state index in [1.54, 1.807) is 46.7 Å². The number of hydrazone groups is 1. The van der Waals surface area contributed by atoms with E-state index in [-0.39, 0.29) is 22.2 Å². The minimum Gasteiger partial charge on any atom is -0.341 e. The molecule has 0 amide bonds. The maximum absolute atomic E-state index is 13.4. The van der Waals surface area contributed by atoms with Gasteiger partial charge in [-0.2, -0.15) is 31.8 Å². The van der Waals surface area contributed by atoms with E-state index in [2.05, 4.69) is 20.0 Å². The number of hydrogen-bond acceptors (Lipinski definition) is 5. The first-order valence-electron chi connectivity index (χ1n) is 12.1. The van der Waals surface area contributed by atoms with Gasteiger partial charge in [-0.25, -0.2) is 10.1 Å². The molecule has 4 aromatic rings. The molecule has 1 aliphatic heterocycles. The van der Waals surface area contributed by atoms with Gasteiger partial charge in [0.15, 0.2) is 5.69 Å². The second kappa shape index (κ2) is 11.4. The van der Waals surface area contributed by atoms with Crippen molar-refractivity contribution in [3.63, 3.8) is 0 Å². The monoisotopic (exact) mass is 606 g/mol. The van der Waals surface area contributed by atoms with E-state index in [1.807, 2.05) is 0 Å². The van der Waals surface area contributed by atoms with Crippen LogP contribution in [-0.2, 0) is 16.2 Å². The third-order valence-electron chi connectivity index (χ3n) is 6.01. The van der Waals surface area contributed by atoms with Gasteiger partial charge in [-0.15, -0.1) is 15.7 Å². The molecule has 1 fully saturated rings. The van der Waals surface area contributed by atoms with Gasteiger partial charge in [-0.05, 0) is 72.3 Å². The molecule has 0 unspecified atom stereocenters. The number of benzene rings is 2. The summed E-state index contributed by atoms with van der Waals surface area (Å²) in [5, 5.41) is 10.2. The number of nitrogens with one attached hydrogen (secondary N) is 1. The van der Waals surface area contributed by atoms with Gasteiger partial charge in [0, 0.05) is 18.1 Å². The molecule has 2 aromatic carbocycles. The molecule has 0 spiro atoms. The van der Waals surface area contributed by atoms with Crippen LogP contribution in [0.3, 0.4) is 0 Å². The molecule has 40 heavy (non-hydrogen) atoms. The van der Waals surface area contributed by atoms with E-state index in [0.29, 0.717) is 23.0 Å². The SMILES string of the molecule is O=S(=O)(N=C(N/N=C\c1ccc(Cl)cc1)N1CCCC1)c1ccc(-n2nc(C(F)(F)F)cc2-c2cccs2)cc1. The fraction of sp³-hybridized carbons (Fsp3) is 0.192. The lowest BCUT2D eigenvalue weighted by Gasteiger charge is -2.18. The highest BCUT2D eigenvalue weighted by atomic mass is 35.5. The number of halogens is 4. The van der Waals surface area contributed by atoms with Crippen LogP contribution < -0.4 is 5.43 Å². The van der Waals surface area contributed by atoms with Crippen LogP contribution >= 0.6 is 22.9 Å². The standard InChI is InChI=1S/C26H22ClF3N6O2S2/c27-19-7-5-18(6-8-19)17-31-32-25(35-13-1-2-14-35)34-40(37,38)21-11-9-20(10-12-21)36-22(23-4-3-15-39-23)16-24(33-36)26(28,29)30/h3-12,15-17H,1-2,13-14H2,(H,32,34)/b31-17-. The van der Waals surface area contributed by atoms with Gasteiger partial charge in [-0.1, -0.05) is 29.8 Å². The van der Waals surface area contributed by atoms with Crippen molar-refractivity contribution in [3.8, 4) is 16.3 Å². The number of hydrogen-bond donors (Lipinski definition) is 1. The predicted molar refractivity (Wildman–Crippen MR) is 149 cm³/mol. The quantitative estimate of drug-likeness (QED) is 0.164. The predicted octanol–water partition coefficient (Wildman–Crippen LogP) is 6.04. The zero-order chi connectivity index (χ0) is 28.3. The molecule has 0 bridgehead atoms. The van der Waals surface area contributed by atoms with Crippen LogP contribution in [0.4, 0.5) is 13.2 Å². The summed E-state index contributed by atoms with van der Waals surface area (Å²) < 4.78 is 71.8. The van der Waals surface area contributed by atoms with Gasteiger partial charge in [0.25, 0.3) is 10.0 Å². The molecule has 0 aliphatic carbocycles. The molecule has 0 radical (unpaired) electrons. The lowest BCUT2D eigenvalue weighted by atomic mass is 10.2. The van der Waals surface area contributed by atoms with Crippen LogP contribution in [0.2, 0.25) is 5.02 Å². The Labute approximate surface area is 237 Å². The Balaban J connectivity index is 1.43. The molecule has 1 N–H and O–H groups in total. The number of likely N-dealkylation sites (tertiary alicyclic amines) is 1. The lowest BCUT2D eigenvalue weighted by molar-refractivity contribution is -0.141.